The first-order valence-electron chi connectivity index (χ1n) is 4.22. The Hall–Kier alpha value is -0.910. The van der Waals surface area contributed by atoms with Crippen LogP contribution in [0.1, 0.15) is 14.5 Å². The van der Waals surface area contributed by atoms with E-state index in [0.717, 1.165) is 4.88 Å². The molecular weight excluding hydrogens is 202 g/mol. The first-order valence-corrected chi connectivity index (χ1v) is 5.04. The summed E-state index contributed by atoms with van der Waals surface area (Å²) in [5.41, 5.74) is 5.28. The van der Waals surface area contributed by atoms with Gasteiger partial charge in [-0.1, -0.05) is 0 Å². The van der Waals surface area contributed by atoms with Crippen LogP contribution in [0.15, 0.2) is 12.1 Å². The Balaban J connectivity index is 2.63. The number of aliphatic hydroxyl groups excluding tert-OH is 1. The second kappa shape index (κ2) is 5.09. The lowest BCUT2D eigenvalue weighted by atomic mass is 10.2. The molecule has 1 unspecified atom stereocenters. The van der Waals surface area contributed by atoms with E-state index in [1.54, 1.807) is 12.1 Å². The Kier molecular flexibility index (Phi) is 4.06. The first kappa shape index (κ1) is 11.2. The van der Waals surface area contributed by atoms with Crippen LogP contribution in [0.25, 0.3) is 0 Å². The van der Waals surface area contributed by atoms with Crippen molar-refractivity contribution in [1.29, 1.82) is 0 Å². The topological polar surface area (TPSA) is 72.5 Å². The molecule has 0 aliphatic carbocycles. The molecule has 5 heteroatoms. The van der Waals surface area contributed by atoms with Crippen molar-refractivity contribution in [2.45, 2.75) is 12.5 Å². The van der Waals surface area contributed by atoms with Gasteiger partial charge < -0.3 is 15.6 Å². The van der Waals surface area contributed by atoms with Crippen molar-refractivity contribution in [3.05, 3.63) is 21.9 Å². The summed E-state index contributed by atoms with van der Waals surface area (Å²) in [6, 6.07) is 3.49. The number of carbonyl (C=O) groups excluding carboxylic acids is 1. The molecular formula is C9H13NO3S. The summed E-state index contributed by atoms with van der Waals surface area (Å²) in [6.45, 7) is 0.228. The van der Waals surface area contributed by atoms with Gasteiger partial charge in [-0.3, -0.25) is 0 Å². The predicted octanol–water partition coefficient (Wildman–Crippen LogP) is 0.397. The molecule has 14 heavy (non-hydrogen) atoms. The van der Waals surface area contributed by atoms with Crippen molar-refractivity contribution >= 4 is 17.3 Å². The number of methoxy groups -OCH3 is 1. The molecule has 4 nitrogen and oxygen atoms in total. The molecule has 0 aromatic carbocycles. The minimum Gasteiger partial charge on any atom is -0.465 e. The second-order valence-corrected chi connectivity index (χ2v) is 4.02. The van der Waals surface area contributed by atoms with Gasteiger partial charge in [0.1, 0.15) is 4.88 Å². The molecule has 0 fully saturated rings. The molecule has 1 rings (SSSR count). The lowest BCUT2D eigenvalue weighted by Crippen LogP contribution is -2.21. The SMILES string of the molecule is COC(=O)c1ccc(CC(O)CN)s1. The monoisotopic (exact) mass is 215 g/mol. The molecule has 1 atom stereocenters. The summed E-state index contributed by atoms with van der Waals surface area (Å²) < 4.78 is 4.57. The first-order chi connectivity index (χ1) is 6.67. The van der Waals surface area contributed by atoms with E-state index in [4.69, 9.17) is 5.73 Å². The summed E-state index contributed by atoms with van der Waals surface area (Å²) in [5, 5.41) is 9.28. The van der Waals surface area contributed by atoms with E-state index < -0.39 is 6.10 Å². The second-order valence-electron chi connectivity index (χ2n) is 2.85. The van der Waals surface area contributed by atoms with Crippen molar-refractivity contribution in [2.24, 2.45) is 5.73 Å². The fraction of sp³-hybridized carbons (Fsp3) is 0.444. The van der Waals surface area contributed by atoms with Gasteiger partial charge in [0.2, 0.25) is 0 Å². The standard InChI is InChI=1S/C9H13NO3S/c1-13-9(12)8-3-2-7(14-8)4-6(11)5-10/h2-3,6,11H,4-5,10H2,1H3. The van der Waals surface area contributed by atoms with Crippen LogP contribution in [-0.4, -0.2) is 30.8 Å². The van der Waals surface area contributed by atoms with Crippen LogP contribution in [0.5, 0.6) is 0 Å². The molecule has 1 heterocycles. The number of ether oxygens (including phenoxy) is 1. The number of thiophene rings is 1. The molecule has 78 valence electrons. The van der Waals surface area contributed by atoms with Crippen molar-refractivity contribution in [3.8, 4) is 0 Å². The highest BCUT2D eigenvalue weighted by atomic mass is 32.1. The third kappa shape index (κ3) is 2.80. The zero-order valence-corrected chi connectivity index (χ0v) is 8.71. The average molecular weight is 215 g/mol. The molecule has 0 saturated carbocycles. The lowest BCUT2D eigenvalue weighted by molar-refractivity contribution is 0.0606. The largest absolute Gasteiger partial charge is 0.465 e. The predicted molar refractivity (Wildman–Crippen MR) is 54.4 cm³/mol. The maximum Gasteiger partial charge on any atom is 0.348 e. The number of rotatable bonds is 4. The van der Waals surface area contributed by atoms with Crippen LogP contribution >= 0.6 is 11.3 Å². The quantitative estimate of drug-likeness (QED) is 0.713. The van der Waals surface area contributed by atoms with Crippen LogP contribution in [-0.2, 0) is 11.2 Å². The molecule has 0 aliphatic rings. The number of aliphatic hydroxyl groups is 1. The van der Waals surface area contributed by atoms with Gasteiger partial charge in [0.15, 0.2) is 0 Å². The van der Waals surface area contributed by atoms with E-state index in [1.165, 1.54) is 18.4 Å². The van der Waals surface area contributed by atoms with Crippen molar-refractivity contribution in [1.82, 2.24) is 0 Å². The highest BCUT2D eigenvalue weighted by molar-refractivity contribution is 7.13. The van der Waals surface area contributed by atoms with Crippen LogP contribution < -0.4 is 5.73 Å². The molecule has 0 bridgehead atoms. The summed E-state index contributed by atoms with van der Waals surface area (Å²) in [4.78, 5) is 12.6. The van der Waals surface area contributed by atoms with Gasteiger partial charge in [0.25, 0.3) is 0 Å². The third-order valence-corrected chi connectivity index (χ3v) is 2.84. The number of nitrogens with two attached hydrogens (primary N) is 1. The Morgan fingerprint density at radius 3 is 3.00 bits per heavy atom. The summed E-state index contributed by atoms with van der Waals surface area (Å²) >= 11 is 1.32. The van der Waals surface area contributed by atoms with Gasteiger partial charge >= 0.3 is 5.97 Å². The molecule has 0 saturated heterocycles. The van der Waals surface area contributed by atoms with Crippen LogP contribution in [0.3, 0.4) is 0 Å². The van der Waals surface area contributed by atoms with E-state index in [1.807, 2.05) is 0 Å². The van der Waals surface area contributed by atoms with E-state index >= 15 is 0 Å². The van der Waals surface area contributed by atoms with E-state index in [2.05, 4.69) is 4.74 Å². The lowest BCUT2D eigenvalue weighted by Gasteiger charge is -2.03. The summed E-state index contributed by atoms with van der Waals surface area (Å²) in [6.07, 6.45) is -0.0582. The number of carbonyl (C=O) groups is 1. The summed E-state index contributed by atoms with van der Waals surface area (Å²) in [7, 11) is 1.34. The van der Waals surface area contributed by atoms with Crippen molar-refractivity contribution < 1.29 is 14.6 Å². The Morgan fingerprint density at radius 2 is 2.43 bits per heavy atom. The van der Waals surface area contributed by atoms with Gasteiger partial charge in [0.05, 0.1) is 13.2 Å². The van der Waals surface area contributed by atoms with Gasteiger partial charge in [-0.15, -0.1) is 11.3 Å². The van der Waals surface area contributed by atoms with Gasteiger partial charge in [-0.2, -0.15) is 0 Å². The molecule has 0 radical (unpaired) electrons. The fourth-order valence-electron chi connectivity index (χ4n) is 1.01. The minimum atomic E-state index is -0.542. The van der Waals surface area contributed by atoms with E-state index in [-0.39, 0.29) is 12.5 Å². The Bertz CT molecular complexity index is 311. The Morgan fingerprint density at radius 1 is 1.71 bits per heavy atom. The maximum atomic E-state index is 11.1. The molecule has 3 N–H and O–H groups in total. The summed E-state index contributed by atoms with van der Waals surface area (Å²) in [5.74, 6) is -0.344. The average Bonchev–Trinajstić information content (AvgIpc) is 2.65. The van der Waals surface area contributed by atoms with Crippen molar-refractivity contribution in [3.63, 3.8) is 0 Å². The highest BCUT2D eigenvalue weighted by Crippen LogP contribution is 2.18. The molecule has 0 amide bonds. The molecule has 0 aliphatic heterocycles. The van der Waals surface area contributed by atoms with Crippen LogP contribution in [0, 0.1) is 0 Å². The van der Waals surface area contributed by atoms with E-state index in [0.29, 0.717) is 11.3 Å². The maximum absolute atomic E-state index is 11.1. The van der Waals surface area contributed by atoms with Crippen LogP contribution in [0.4, 0.5) is 0 Å². The van der Waals surface area contributed by atoms with Gasteiger partial charge in [-0.25, -0.2) is 4.79 Å². The number of esters is 1. The van der Waals surface area contributed by atoms with E-state index in [9.17, 15) is 9.90 Å². The molecule has 0 spiro atoms. The minimum absolute atomic E-state index is 0.228. The zero-order valence-electron chi connectivity index (χ0n) is 7.90. The third-order valence-electron chi connectivity index (χ3n) is 1.76. The zero-order chi connectivity index (χ0) is 10.6. The molecule has 1 aromatic heterocycles. The number of hydrogen-bond donors (Lipinski definition) is 2. The smallest absolute Gasteiger partial charge is 0.348 e. The number of hydrogen-bond acceptors (Lipinski definition) is 5. The highest BCUT2D eigenvalue weighted by Gasteiger charge is 2.10. The normalized spacial score (nSPS) is 12.5. The fourth-order valence-corrected chi connectivity index (χ4v) is 2.01. The molecule has 1 aromatic rings. The van der Waals surface area contributed by atoms with Gasteiger partial charge in [0, 0.05) is 17.8 Å². The van der Waals surface area contributed by atoms with Crippen LogP contribution in [0.2, 0.25) is 0 Å². The Labute approximate surface area is 86.3 Å². The van der Waals surface area contributed by atoms with Gasteiger partial charge in [-0.05, 0) is 12.1 Å². The van der Waals surface area contributed by atoms with Crippen molar-refractivity contribution in [2.75, 3.05) is 13.7 Å².